The van der Waals surface area contributed by atoms with Crippen LogP contribution in [0.3, 0.4) is 0 Å². The Balaban J connectivity index is 2.04. The van der Waals surface area contributed by atoms with Crippen LogP contribution in [0.1, 0.15) is 32.6 Å². The number of hydrogen-bond acceptors (Lipinski definition) is 0. The van der Waals surface area contributed by atoms with Gasteiger partial charge >= 0.3 is 0 Å². The van der Waals surface area contributed by atoms with Gasteiger partial charge in [-0.3, -0.25) is 0 Å². The Hall–Kier alpha value is -1.25. The molecule has 2 aliphatic carbocycles. The molecule has 2 unspecified atom stereocenters. The highest BCUT2D eigenvalue weighted by Gasteiger charge is 2.38. The first-order chi connectivity index (χ1) is 8.16. The summed E-state index contributed by atoms with van der Waals surface area (Å²) >= 11 is 0. The van der Waals surface area contributed by atoms with Crippen LogP contribution in [0.4, 0.5) is 8.78 Å². The fourth-order valence-corrected chi connectivity index (χ4v) is 2.94. The van der Waals surface area contributed by atoms with Crippen LogP contribution in [0.25, 0.3) is 0 Å². The molecule has 0 radical (unpaired) electrons. The van der Waals surface area contributed by atoms with Crippen molar-refractivity contribution in [2.24, 2.45) is 5.92 Å². The van der Waals surface area contributed by atoms with Crippen LogP contribution in [0.5, 0.6) is 0 Å². The van der Waals surface area contributed by atoms with E-state index in [1.165, 1.54) is 30.2 Å². The third-order valence-electron chi connectivity index (χ3n) is 3.96. The Morgan fingerprint density at radius 1 is 1.18 bits per heavy atom. The molecule has 1 N–H and O–H groups in total. The summed E-state index contributed by atoms with van der Waals surface area (Å²) in [6.45, 7) is 1.74. The van der Waals surface area contributed by atoms with E-state index < -0.39 is 17.6 Å². The number of fused-ring (bicyclic) bond motifs is 2. The van der Waals surface area contributed by atoms with Gasteiger partial charge in [0.05, 0.1) is 5.92 Å². The zero-order valence-electron chi connectivity index (χ0n) is 9.89. The second-order valence-corrected chi connectivity index (χ2v) is 5.11. The maximum atomic E-state index is 13.6. The van der Waals surface area contributed by atoms with Crippen LogP contribution < -0.4 is 4.99 Å². The minimum absolute atomic E-state index is 0.0913. The molecule has 3 heteroatoms. The van der Waals surface area contributed by atoms with Crippen molar-refractivity contribution >= 4 is 5.71 Å². The van der Waals surface area contributed by atoms with Gasteiger partial charge in [-0.05, 0) is 38.3 Å². The quantitative estimate of drug-likeness (QED) is 0.662. The van der Waals surface area contributed by atoms with Crippen molar-refractivity contribution < 1.29 is 13.8 Å². The van der Waals surface area contributed by atoms with E-state index in [0.29, 0.717) is 0 Å². The molecule has 0 spiro atoms. The van der Waals surface area contributed by atoms with Crippen molar-refractivity contribution in [3.63, 3.8) is 0 Å². The third-order valence-corrected chi connectivity index (χ3v) is 3.96. The molecule has 2 atom stereocenters. The molecule has 3 rings (SSSR count). The fourth-order valence-electron chi connectivity index (χ4n) is 2.94. The monoisotopic (exact) mass is 236 g/mol. The Labute approximate surface area is 99.6 Å². The highest BCUT2D eigenvalue weighted by molar-refractivity contribution is 5.97. The van der Waals surface area contributed by atoms with Crippen LogP contribution in [0.15, 0.2) is 35.0 Å². The van der Waals surface area contributed by atoms with E-state index in [4.69, 9.17) is 0 Å². The average Bonchev–Trinajstić information content (AvgIpc) is 2.34. The zero-order chi connectivity index (χ0) is 12.0. The smallest absolute Gasteiger partial charge is 0.185 e. The molecule has 90 valence electrons. The van der Waals surface area contributed by atoms with Crippen LogP contribution in [0.2, 0.25) is 0 Å². The normalized spacial score (nSPS) is 32.3. The van der Waals surface area contributed by atoms with Gasteiger partial charge in [-0.1, -0.05) is 0 Å². The summed E-state index contributed by atoms with van der Waals surface area (Å²) in [5.74, 6) is -1.75. The van der Waals surface area contributed by atoms with Crippen molar-refractivity contribution in [2.45, 2.75) is 38.6 Å². The predicted molar refractivity (Wildman–Crippen MR) is 62.8 cm³/mol. The maximum absolute atomic E-state index is 13.6. The van der Waals surface area contributed by atoms with Crippen LogP contribution >= 0.6 is 0 Å². The molecule has 3 aliphatic rings. The van der Waals surface area contributed by atoms with E-state index in [2.05, 4.69) is 11.1 Å². The summed E-state index contributed by atoms with van der Waals surface area (Å²) in [5.41, 5.74) is 3.40. The van der Waals surface area contributed by atoms with Crippen molar-refractivity contribution in [3.8, 4) is 0 Å². The van der Waals surface area contributed by atoms with Crippen LogP contribution in [-0.4, -0.2) is 11.8 Å². The largest absolute Gasteiger partial charge is 0.238 e. The van der Waals surface area contributed by atoms with Gasteiger partial charge in [0.2, 0.25) is 0 Å². The van der Waals surface area contributed by atoms with Gasteiger partial charge in [0.1, 0.15) is 5.83 Å². The minimum atomic E-state index is -0.707. The molecular formula is C14H16F2N+. The van der Waals surface area contributed by atoms with Crippen molar-refractivity contribution in [2.75, 3.05) is 0 Å². The van der Waals surface area contributed by atoms with E-state index in [1.807, 2.05) is 0 Å². The second-order valence-electron chi connectivity index (χ2n) is 5.11. The predicted octanol–water partition coefficient (Wildman–Crippen LogP) is 2.12. The van der Waals surface area contributed by atoms with E-state index in [9.17, 15) is 8.78 Å². The van der Waals surface area contributed by atoms with E-state index >= 15 is 0 Å². The summed E-state index contributed by atoms with van der Waals surface area (Å²) in [4.78, 5) is 3.40. The molecule has 1 fully saturated rings. The molecule has 17 heavy (non-hydrogen) atoms. The van der Waals surface area contributed by atoms with Gasteiger partial charge in [-0.25, -0.2) is 13.8 Å². The Kier molecular flexibility index (Phi) is 2.49. The molecule has 1 nitrogen and oxygen atoms in total. The Morgan fingerprint density at radius 2 is 1.94 bits per heavy atom. The first-order valence-corrected chi connectivity index (χ1v) is 6.27. The minimum Gasteiger partial charge on any atom is -0.238 e. The molecular weight excluding hydrogens is 220 g/mol. The average molecular weight is 236 g/mol. The molecule has 0 saturated heterocycles. The standard InChI is InChI=1S/C14H15F2N/c1-8-13(16)11(15)7-10-6-9-4-2-3-5-12(9)17-14(8)10/h6-8,14H,2-5H2,1H3/p+1. The van der Waals surface area contributed by atoms with Crippen LogP contribution in [-0.2, 0) is 0 Å². The highest BCUT2D eigenvalue weighted by Crippen LogP contribution is 2.33. The van der Waals surface area contributed by atoms with E-state index in [1.54, 1.807) is 6.92 Å². The lowest BCUT2D eigenvalue weighted by Gasteiger charge is -2.26. The maximum Gasteiger partial charge on any atom is 0.185 e. The third kappa shape index (κ3) is 1.68. The lowest BCUT2D eigenvalue weighted by molar-refractivity contribution is -0.502. The molecule has 1 aliphatic heterocycles. The molecule has 1 heterocycles. The molecule has 0 amide bonds. The summed E-state index contributed by atoms with van der Waals surface area (Å²) in [5, 5.41) is 0. The van der Waals surface area contributed by atoms with Gasteiger partial charge in [0.25, 0.3) is 0 Å². The first kappa shape index (κ1) is 10.9. The number of rotatable bonds is 0. The van der Waals surface area contributed by atoms with Gasteiger partial charge in [0.15, 0.2) is 17.6 Å². The van der Waals surface area contributed by atoms with Crippen molar-refractivity contribution in [1.29, 1.82) is 0 Å². The Morgan fingerprint density at radius 3 is 2.76 bits per heavy atom. The van der Waals surface area contributed by atoms with Gasteiger partial charge in [-0.2, -0.15) is 0 Å². The SMILES string of the molecule is CC1C(F)=C(F)C=C2C=C3CCCCC3=[NH+]C21. The summed E-state index contributed by atoms with van der Waals surface area (Å²) in [6.07, 6.45) is 7.86. The van der Waals surface area contributed by atoms with E-state index in [-0.39, 0.29) is 6.04 Å². The molecule has 0 aromatic rings. The van der Waals surface area contributed by atoms with Gasteiger partial charge < -0.3 is 0 Å². The summed E-state index contributed by atoms with van der Waals surface area (Å²) in [7, 11) is 0. The first-order valence-electron chi connectivity index (χ1n) is 6.27. The number of allylic oxidation sites excluding steroid dienone is 3. The molecule has 1 saturated carbocycles. The van der Waals surface area contributed by atoms with E-state index in [0.717, 1.165) is 18.4 Å². The zero-order valence-corrected chi connectivity index (χ0v) is 9.89. The lowest BCUT2D eigenvalue weighted by atomic mass is 9.81. The number of halogens is 2. The summed E-state index contributed by atoms with van der Waals surface area (Å²) < 4.78 is 26.9. The lowest BCUT2D eigenvalue weighted by Crippen LogP contribution is -2.83. The molecule has 0 aromatic heterocycles. The van der Waals surface area contributed by atoms with Gasteiger partial charge in [0, 0.05) is 17.6 Å². The fraction of sp³-hybridized carbons (Fsp3) is 0.500. The number of hydrogen-bond donors (Lipinski definition) is 1. The second kappa shape index (κ2) is 3.90. The van der Waals surface area contributed by atoms with Crippen molar-refractivity contribution in [3.05, 3.63) is 35.0 Å². The molecule has 0 bridgehead atoms. The topological polar surface area (TPSA) is 14.0 Å². The van der Waals surface area contributed by atoms with Gasteiger partial charge in [-0.15, -0.1) is 0 Å². The van der Waals surface area contributed by atoms with Crippen LogP contribution in [0, 0.1) is 5.92 Å². The highest BCUT2D eigenvalue weighted by atomic mass is 19.2. The van der Waals surface area contributed by atoms with Crippen molar-refractivity contribution in [1.82, 2.24) is 0 Å². The molecule has 0 aromatic carbocycles. The number of nitrogens with one attached hydrogen (secondary N) is 1. The summed E-state index contributed by atoms with van der Waals surface area (Å²) in [6, 6.07) is -0.0913. The Bertz CT molecular complexity index is 482.